The van der Waals surface area contributed by atoms with Crippen LogP contribution in [0.4, 0.5) is 0 Å². The van der Waals surface area contributed by atoms with E-state index in [-0.39, 0.29) is 0 Å². The third kappa shape index (κ3) is 2.15. The minimum atomic E-state index is -1.08. The molecule has 0 saturated heterocycles. The van der Waals surface area contributed by atoms with Gasteiger partial charge >= 0.3 is 5.97 Å². The summed E-state index contributed by atoms with van der Waals surface area (Å²) in [7, 11) is 0. The number of rotatable bonds is 3. The van der Waals surface area contributed by atoms with Gasteiger partial charge in [-0.1, -0.05) is 0 Å². The molecule has 0 aliphatic rings. The summed E-state index contributed by atoms with van der Waals surface area (Å²) >= 11 is 0. The predicted molar refractivity (Wildman–Crippen MR) is 62.3 cm³/mol. The second kappa shape index (κ2) is 4.44. The highest BCUT2D eigenvalue weighted by molar-refractivity contribution is 5.96. The summed E-state index contributed by atoms with van der Waals surface area (Å²) in [5, 5.41) is 18.9. The van der Waals surface area contributed by atoms with Crippen LogP contribution in [0.3, 0.4) is 0 Å². The monoisotopic (exact) mass is 248 g/mol. The molecule has 0 aliphatic carbocycles. The van der Waals surface area contributed by atoms with Gasteiger partial charge in [-0.25, -0.2) is 0 Å². The Kier molecular flexibility index (Phi) is 2.97. The molecule has 0 radical (unpaired) electrons. The molecule has 2 aromatic heterocycles. The lowest BCUT2D eigenvalue weighted by molar-refractivity contribution is -0.138. The zero-order valence-corrected chi connectivity index (χ0v) is 9.91. The number of aryl methyl sites for hydroxylation is 1. The SMILES string of the molecule is Cc1nnc2ccc(C(=O)N[C@H](C)C(=O)O)cn12. The minimum absolute atomic E-state index is 0.360. The largest absolute Gasteiger partial charge is 0.480 e. The average molecular weight is 248 g/mol. The van der Waals surface area contributed by atoms with Gasteiger partial charge in [0.1, 0.15) is 11.9 Å². The Hall–Kier alpha value is -2.44. The third-order valence-electron chi connectivity index (χ3n) is 2.55. The smallest absolute Gasteiger partial charge is 0.325 e. The number of carboxylic acid groups (broad SMARTS) is 1. The van der Waals surface area contributed by atoms with Crippen LogP contribution in [0.15, 0.2) is 18.3 Å². The number of nitrogens with zero attached hydrogens (tertiary/aromatic N) is 3. The van der Waals surface area contributed by atoms with Crippen molar-refractivity contribution in [1.82, 2.24) is 19.9 Å². The number of aromatic nitrogens is 3. The van der Waals surface area contributed by atoms with Gasteiger partial charge in [0.2, 0.25) is 0 Å². The van der Waals surface area contributed by atoms with Gasteiger partial charge in [-0.3, -0.25) is 14.0 Å². The maximum atomic E-state index is 11.8. The second-order valence-corrected chi connectivity index (χ2v) is 3.93. The summed E-state index contributed by atoms with van der Waals surface area (Å²) in [6.45, 7) is 3.17. The maximum absolute atomic E-state index is 11.8. The number of amides is 1. The van der Waals surface area contributed by atoms with Crippen molar-refractivity contribution in [3.63, 3.8) is 0 Å². The van der Waals surface area contributed by atoms with Gasteiger partial charge in [0.25, 0.3) is 5.91 Å². The fraction of sp³-hybridized carbons (Fsp3) is 0.273. The number of pyridine rings is 1. The molecule has 0 aromatic carbocycles. The number of aliphatic carboxylic acids is 1. The van der Waals surface area contributed by atoms with Crippen molar-refractivity contribution in [3.8, 4) is 0 Å². The van der Waals surface area contributed by atoms with Crippen molar-refractivity contribution >= 4 is 17.5 Å². The zero-order chi connectivity index (χ0) is 13.3. The molecule has 2 rings (SSSR count). The van der Waals surface area contributed by atoms with E-state index in [1.165, 1.54) is 6.92 Å². The van der Waals surface area contributed by atoms with E-state index in [4.69, 9.17) is 5.11 Å². The molecule has 0 saturated carbocycles. The van der Waals surface area contributed by atoms with Crippen molar-refractivity contribution in [3.05, 3.63) is 29.7 Å². The van der Waals surface area contributed by atoms with Gasteiger partial charge in [-0.15, -0.1) is 10.2 Å². The number of hydrogen-bond acceptors (Lipinski definition) is 4. The Morgan fingerprint density at radius 3 is 2.78 bits per heavy atom. The van der Waals surface area contributed by atoms with Crippen molar-refractivity contribution in [2.75, 3.05) is 0 Å². The molecular formula is C11H12N4O3. The summed E-state index contributed by atoms with van der Waals surface area (Å²) in [5.74, 6) is -0.865. The highest BCUT2D eigenvalue weighted by Crippen LogP contribution is 2.06. The molecular weight excluding hydrogens is 236 g/mol. The van der Waals surface area contributed by atoms with E-state index in [1.807, 2.05) is 0 Å². The lowest BCUT2D eigenvalue weighted by Gasteiger charge is -2.09. The molecule has 0 aliphatic heterocycles. The van der Waals surface area contributed by atoms with Crippen LogP contribution in [0.5, 0.6) is 0 Å². The fourth-order valence-electron chi connectivity index (χ4n) is 1.48. The lowest BCUT2D eigenvalue weighted by Crippen LogP contribution is -2.38. The third-order valence-corrected chi connectivity index (χ3v) is 2.55. The summed E-state index contributed by atoms with van der Waals surface area (Å²) in [4.78, 5) is 22.5. The summed E-state index contributed by atoms with van der Waals surface area (Å²) in [5.41, 5.74) is 0.994. The zero-order valence-electron chi connectivity index (χ0n) is 9.91. The van der Waals surface area contributed by atoms with Crippen LogP contribution in [0.2, 0.25) is 0 Å². The number of carboxylic acids is 1. The van der Waals surface area contributed by atoms with Crippen LogP contribution in [0, 0.1) is 6.92 Å². The molecule has 94 valence electrons. The minimum Gasteiger partial charge on any atom is -0.480 e. The van der Waals surface area contributed by atoms with Crippen molar-refractivity contribution < 1.29 is 14.7 Å². The Balaban J connectivity index is 2.27. The van der Waals surface area contributed by atoms with Gasteiger partial charge in [0, 0.05) is 6.20 Å². The Bertz CT molecular complexity index is 620. The van der Waals surface area contributed by atoms with Crippen LogP contribution in [-0.2, 0) is 4.79 Å². The highest BCUT2D eigenvalue weighted by atomic mass is 16.4. The number of nitrogens with one attached hydrogen (secondary N) is 1. The van der Waals surface area contributed by atoms with E-state index in [0.29, 0.717) is 17.0 Å². The predicted octanol–water partition coefficient (Wildman–Crippen LogP) is 0.241. The molecule has 2 heterocycles. The number of carbonyl (C=O) groups is 2. The first-order chi connectivity index (χ1) is 8.49. The molecule has 7 heteroatoms. The molecule has 0 unspecified atom stereocenters. The highest BCUT2D eigenvalue weighted by Gasteiger charge is 2.15. The van der Waals surface area contributed by atoms with Crippen LogP contribution < -0.4 is 5.32 Å². The van der Waals surface area contributed by atoms with Crippen molar-refractivity contribution in [2.24, 2.45) is 0 Å². The molecule has 0 fully saturated rings. The first-order valence-electron chi connectivity index (χ1n) is 5.34. The molecule has 18 heavy (non-hydrogen) atoms. The van der Waals surface area contributed by atoms with E-state index < -0.39 is 17.9 Å². The van der Waals surface area contributed by atoms with Gasteiger partial charge in [0.05, 0.1) is 5.56 Å². The lowest BCUT2D eigenvalue weighted by atomic mass is 10.2. The second-order valence-electron chi connectivity index (χ2n) is 3.93. The van der Waals surface area contributed by atoms with Crippen LogP contribution in [-0.4, -0.2) is 37.6 Å². The standard InChI is InChI=1S/C11H12N4O3/c1-6(11(17)18)12-10(16)8-3-4-9-14-13-7(2)15(9)5-8/h3-6H,1-2H3,(H,12,16)(H,17,18)/t6-/m1/s1. The number of carbonyl (C=O) groups excluding carboxylic acids is 1. The molecule has 2 aromatic rings. The van der Waals surface area contributed by atoms with E-state index in [2.05, 4.69) is 15.5 Å². The van der Waals surface area contributed by atoms with Crippen LogP contribution in [0.25, 0.3) is 5.65 Å². The van der Waals surface area contributed by atoms with Gasteiger partial charge in [-0.05, 0) is 26.0 Å². The van der Waals surface area contributed by atoms with E-state index in [9.17, 15) is 9.59 Å². The molecule has 2 N–H and O–H groups in total. The van der Waals surface area contributed by atoms with Gasteiger partial charge in [-0.2, -0.15) is 0 Å². The van der Waals surface area contributed by atoms with Crippen LogP contribution in [0.1, 0.15) is 23.1 Å². The Labute approximate surface area is 102 Å². The average Bonchev–Trinajstić information content (AvgIpc) is 2.70. The van der Waals surface area contributed by atoms with Crippen molar-refractivity contribution in [2.45, 2.75) is 19.9 Å². The van der Waals surface area contributed by atoms with Crippen molar-refractivity contribution in [1.29, 1.82) is 0 Å². The van der Waals surface area contributed by atoms with E-state index in [1.54, 1.807) is 29.7 Å². The number of fused-ring (bicyclic) bond motifs is 1. The number of hydrogen-bond donors (Lipinski definition) is 2. The summed E-state index contributed by atoms with van der Waals surface area (Å²) in [6.07, 6.45) is 1.58. The molecule has 0 spiro atoms. The maximum Gasteiger partial charge on any atom is 0.325 e. The van der Waals surface area contributed by atoms with Gasteiger partial charge in [0.15, 0.2) is 5.65 Å². The topological polar surface area (TPSA) is 96.6 Å². The van der Waals surface area contributed by atoms with Gasteiger partial charge < -0.3 is 10.4 Å². The fourth-order valence-corrected chi connectivity index (χ4v) is 1.48. The normalized spacial score (nSPS) is 12.3. The first kappa shape index (κ1) is 12.0. The first-order valence-corrected chi connectivity index (χ1v) is 5.34. The summed E-state index contributed by atoms with van der Waals surface area (Å²) < 4.78 is 1.67. The molecule has 7 nitrogen and oxygen atoms in total. The molecule has 0 bridgehead atoms. The molecule has 1 amide bonds. The Morgan fingerprint density at radius 2 is 2.11 bits per heavy atom. The van der Waals surface area contributed by atoms with E-state index >= 15 is 0 Å². The van der Waals surface area contributed by atoms with Crippen LogP contribution >= 0.6 is 0 Å². The van der Waals surface area contributed by atoms with E-state index in [0.717, 1.165) is 0 Å². The summed E-state index contributed by atoms with van der Waals surface area (Å²) in [6, 6.07) is 2.29. The quantitative estimate of drug-likeness (QED) is 0.811. The molecule has 1 atom stereocenters. The Morgan fingerprint density at radius 1 is 1.39 bits per heavy atom.